The average Bonchev–Trinajstić information content (AvgIpc) is 2.63. The highest BCUT2D eigenvalue weighted by Crippen LogP contribution is 2.22. The van der Waals surface area contributed by atoms with Crippen molar-refractivity contribution in [1.29, 1.82) is 0 Å². The zero-order valence-corrected chi connectivity index (χ0v) is 10.3. The quantitative estimate of drug-likeness (QED) is 0.843. The van der Waals surface area contributed by atoms with Crippen LogP contribution in [0, 0.1) is 18.8 Å². The van der Waals surface area contributed by atoms with Gasteiger partial charge in [-0.05, 0) is 49.9 Å². The van der Waals surface area contributed by atoms with Crippen molar-refractivity contribution in [2.45, 2.75) is 20.3 Å². The van der Waals surface area contributed by atoms with Crippen LogP contribution in [0.1, 0.15) is 18.2 Å². The molecule has 1 N–H and O–H groups in total. The highest BCUT2D eigenvalue weighted by molar-refractivity contribution is 5.25. The summed E-state index contributed by atoms with van der Waals surface area (Å²) in [5, 5.41) is 3.44. The largest absolute Gasteiger partial charge is 0.481 e. The van der Waals surface area contributed by atoms with Gasteiger partial charge in [-0.15, -0.1) is 0 Å². The molecule has 1 unspecified atom stereocenters. The Hall–Kier alpha value is -1.09. The molecule has 1 aromatic rings. The summed E-state index contributed by atoms with van der Waals surface area (Å²) in [6, 6.07) is 4.21. The fourth-order valence-corrected chi connectivity index (χ4v) is 2.37. The summed E-state index contributed by atoms with van der Waals surface area (Å²) in [5.41, 5.74) is 2.37. The molecule has 1 aliphatic heterocycles. The van der Waals surface area contributed by atoms with E-state index in [9.17, 15) is 0 Å². The molecule has 0 saturated carbocycles. The van der Waals surface area contributed by atoms with E-state index < -0.39 is 0 Å². The van der Waals surface area contributed by atoms with Crippen molar-refractivity contribution in [1.82, 2.24) is 10.3 Å². The van der Waals surface area contributed by atoms with E-state index in [2.05, 4.69) is 29.4 Å². The maximum Gasteiger partial charge on any atom is 0.213 e. The average molecular weight is 220 g/mol. The number of nitrogens with one attached hydrogen (secondary N) is 1. The molecule has 2 atom stereocenters. The maximum atomic E-state index is 5.20. The molecule has 2 rings (SSSR count). The molecule has 88 valence electrons. The molecule has 1 fully saturated rings. The summed E-state index contributed by atoms with van der Waals surface area (Å²) in [4.78, 5) is 4.31. The Kier molecular flexibility index (Phi) is 3.44. The van der Waals surface area contributed by atoms with Crippen molar-refractivity contribution in [2.24, 2.45) is 11.8 Å². The minimum absolute atomic E-state index is 0.730. The van der Waals surface area contributed by atoms with Crippen molar-refractivity contribution < 1.29 is 4.74 Å². The fraction of sp³-hybridized carbons (Fsp3) is 0.615. The SMILES string of the molecule is COc1cc(C[C@H]2CNCC2C)cc(C)n1. The van der Waals surface area contributed by atoms with Gasteiger partial charge >= 0.3 is 0 Å². The number of ether oxygens (including phenoxy) is 1. The predicted molar refractivity (Wildman–Crippen MR) is 64.8 cm³/mol. The molecule has 0 spiro atoms. The molecule has 0 bridgehead atoms. The Bertz CT molecular complexity index is 365. The Morgan fingerprint density at radius 3 is 2.88 bits per heavy atom. The van der Waals surface area contributed by atoms with Gasteiger partial charge in [0, 0.05) is 11.8 Å². The summed E-state index contributed by atoms with van der Waals surface area (Å²) in [6.45, 7) is 6.61. The van der Waals surface area contributed by atoms with Crippen molar-refractivity contribution in [3.63, 3.8) is 0 Å². The van der Waals surface area contributed by atoms with Crippen LogP contribution in [0.15, 0.2) is 12.1 Å². The van der Waals surface area contributed by atoms with Gasteiger partial charge in [-0.1, -0.05) is 6.92 Å². The zero-order valence-electron chi connectivity index (χ0n) is 10.3. The number of hydrogen-bond acceptors (Lipinski definition) is 3. The van der Waals surface area contributed by atoms with Gasteiger partial charge in [0.25, 0.3) is 0 Å². The third-order valence-corrected chi connectivity index (χ3v) is 3.37. The van der Waals surface area contributed by atoms with Crippen LogP contribution in [0.25, 0.3) is 0 Å². The maximum absolute atomic E-state index is 5.20. The third-order valence-electron chi connectivity index (χ3n) is 3.37. The van der Waals surface area contributed by atoms with E-state index in [-0.39, 0.29) is 0 Å². The van der Waals surface area contributed by atoms with Gasteiger partial charge < -0.3 is 10.1 Å². The van der Waals surface area contributed by atoms with Gasteiger partial charge in [0.2, 0.25) is 5.88 Å². The van der Waals surface area contributed by atoms with Crippen LogP contribution < -0.4 is 10.1 Å². The van der Waals surface area contributed by atoms with Crippen LogP contribution in [0.2, 0.25) is 0 Å². The molecule has 0 aromatic carbocycles. The lowest BCUT2D eigenvalue weighted by molar-refractivity contribution is 0.394. The third kappa shape index (κ3) is 2.53. The van der Waals surface area contributed by atoms with Crippen molar-refractivity contribution in [3.8, 4) is 5.88 Å². The lowest BCUT2D eigenvalue weighted by atomic mass is 9.91. The van der Waals surface area contributed by atoms with Gasteiger partial charge in [0.1, 0.15) is 0 Å². The highest BCUT2D eigenvalue weighted by Gasteiger charge is 2.23. The first-order valence-electron chi connectivity index (χ1n) is 5.91. The van der Waals surface area contributed by atoms with Gasteiger partial charge in [0.15, 0.2) is 0 Å². The summed E-state index contributed by atoms with van der Waals surface area (Å²) in [5.74, 6) is 2.24. The van der Waals surface area contributed by atoms with Crippen molar-refractivity contribution >= 4 is 0 Å². The second-order valence-corrected chi connectivity index (χ2v) is 4.76. The van der Waals surface area contributed by atoms with Gasteiger partial charge in [0.05, 0.1) is 7.11 Å². The Labute approximate surface area is 97.2 Å². The first-order chi connectivity index (χ1) is 7.69. The van der Waals surface area contributed by atoms with Crippen LogP contribution in [0.3, 0.4) is 0 Å². The summed E-state index contributed by atoms with van der Waals surface area (Å²) in [7, 11) is 1.67. The lowest BCUT2D eigenvalue weighted by Gasteiger charge is -2.14. The number of aryl methyl sites for hydroxylation is 1. The molecule has 3 nitrogen and oxygen atoms in total. The van der Waals surface area contributed by atoms with Crippen LogP contribution >= 0.6 is 0 Å². The van der Waals surface area contributed by atoms with Crippen LogP contribution in [0.5, 0.6) is 5.88 Å². The van der Waals surface area contributed by atoms with Gasteiger partial charge in [-0.2, -0.15) is 0 Å². The molecule has 0 aliphatic carbocycles. The summed E-state index contributed by atoms with van der Waals surface area (Å²) >= 11 is 0. The smallest absolute Gasteiger partial charge is 0.213 e. The predicted octanol–water partition coefficient (Wildman–Crippen LogP) is 1.80. The van der Waals surface area contributed by atoms with E-state index >= 15 is 0 Å². The molecule has 1 saturated heterocycles. The van der Waals surface area contributed by atoms with Gasteiger partial charge in [-0.25, -0.2) is 4.98 Å². The molecular formula is C13H20N2O. The fourth-order valence-electron chi connectivity index (χ4n) is 2.37. The molecule has 0 amide bonds. The minimum Gasteiger partial charge on any atom is -0.481 e. The number of rotatable bonds is 3. The minimum atomic E-state index is 0.730. The van der Waals surface area contributed by atoms with E-state index in [1.165, 1.54) is 5.56 Å². The molecule has 3 heteroatoms. The van der Waals surface area contributed by atoms with E-state index in [0.29, 0.717) is 0 Å². The van der Waals surface area contributed by atoms with Gasteiger partial charge in [-0.3, -0.25) is 0 Å². The number of nitrogens with zero attached hydrogens (tertiary/aromatic N) is 1. The van der Waals surface area contributed by atoms with E-state index in [0.717, 1.165) is 42.9 Å². The summed E-state index contributed by atoms with van der Waals surface area (Å²) in [6.07, 6.45) is 1.12. The Balaban J connectivity index is 2.11. The van der Waals surface area contributed by atoms with Crippen molar-refractivity contribution in [3.05, 3.63) is 23.4 Å². The molecule has 16 heavy (non-hydrogen) atoms. The zero-order chi connectivity index (χ0) is 11.5. The van der Waals surface area contributed by atoms with E-state index in [1.807, 2.05) is 6.92 Å². The molecule has 1 aliphatic rings. The monoisotopic (exact) mass is 220 g/mol. The van der Waals surface area contributed by atoms with Crippen LogP contribution in [0.4, 0.5) is 0 Å². The number of methoxy groups -OCH3 is 1. The second-order valence-electron chi connectivity index (χ2n) is 4.76. The normalized spacial score (nSPS) is 24.7. The van der Waals surface area contributed by atoms with E-state index in [1.54, 1.807) is 7.11 Å². The molecule has 0 radical (unpaired) electrons. The second kappa shape index (κ2) is 4.83. The Morgan fingerprint density at radius 2 is 2.25 bits per heavy atom. The number of hydrogen-bond donors (Lipinski definition) is 1. The number of aromatic nitrogens is 1. The number of pyridine rings is 1. The highest BCUT2D eigenvalue weighted by atomic mass is 16.5. The van der Waals surface area contributed by atoms with Crippen LogP contribution in [-0.2, 0) is 6.42 Å². The van der Waals surface area contributed by atoms with E-state index in [4.69, 9.17) is 4.74 Å². The lowest BCUT2D eigenvalue weighted by Crippen LogP contribution is -2.13. The first kappa shape index (κ1) is 11.4. The standard InChI is InChI=1S/C13H20N2O/c1-9-7-14-8-12(9)5-11-4-10(2)15-13(6-11)16-3/h4,6,9,12,14H,5,7-8H2,1-3H3/t9?,12-/m0/s1. The molecule has 2 heterocycles. The molecular weight excluding hydrogens is 200 g/mol. The van der Waals surface area contributed by atoms with Crippen LogP contribution in [-0.4, -0.2) is 25.2 Å². The first-order valence-corrected chi connectivity index (χ1v) is 5.91. The molecule has 1 aromatic heterocycles. The Morgan fingerprint density at radius 1 is 1.44 bits per heavy atom. The summed E-state index contributed by atoms with van der Waals surface area (Å²) < 4.78 is 5.20. The van der Waals surface area contributed by atoms with Crippen molar-refractivity contribution in [2.75, 3.05) is 20.2 Å². The topological polar surface area (TPSA) is 34.1 Å².